The van der Waals surface area contributed by atoms with Gasteiger partial charge < -0.3 is 5.32 Å². The highest BCUT2D eigenvalue weighted by molar-refractivity contribution is 5.95. The molecule has 3 aromatic rings. The van der Waals surface area contributed by atoms with Gasteiger partial charge in [-0.05, 0) is 36.4 Å². The number of nitrogens with one attached hydrogen (secondary N) is 1. The molecule has 0 bridgehead atoms. The van der Waals surface area contributed by atoms with Crippen LogP contribution in [-0.4, -0.2) is 26.8 Å². The van der Waals surface area contributed by atoms with E-state index in [2.05, 4.69) is 10.4 Å². The maximum Gasteiger partial charge on any atom is 0.417 e. The first-order valence-corrected chi connectivity index (χ1v) is 8.52. The molecule has 1 aromatic heterocycles. The van der Waals surface area contributed by atoms with Gasteiger partial charge in [-0.2, -0.15) is 13.2 Å². The predicted molar refractivity (Wildman–Crippen MR) is 96.6 cm³/mol. The van der Waals surface area contributed by atoms with E-state index >= 15 is 0 Å². The molecular formula is C19H16F4N4O2. The molecule has 0 saturated carbocycles. The Bertz CT molecular complexity index is 1080. The SMILES string of the molecule is Cn1c(-c2ccc(F)cc2)nn(CCNC(=O)c2ccccc2C(F)(F)F)c1=O. The van der Waals surface area contributed by atoms with Gasteiger partial charge in [0.25, 0.3) is 5.91 Å². The highest BCUT2D eigenvalue weighted by Crippen LogP contribution is 2.31. The van der Waals surface area contributed by atoms with Crippen molar-refractivity contribution in [3.05, 3.63) is 76.0 Å². The lowest BCUT2D eigenvalue weighted by Crippen LogP contribution is -2.32. The maximum absolute atomic E-state index is 13.1. The van der Waals surface area contributed by atoms with E-state index in [-0.39, 0.29) is 13.1 Å². The second-order valence-electron chi connectivity index (χ2n) is 6.19. The molecule has 0 fully saturated rings. The van der Waals surface area contributed by atoms with Crippen LogP contribution in [0.4, 0.5) is 17.6 Å². The minimum absolute atomic E-state index is 0.0478. The summed E-state index contributed by atoms with van der Waals surface area (Å²) in [6, 6.07) is 9.85. The maximum atomic E-state index is 13.1. The van der Waals surface area contributed by atoms with E-state index in [1.54, 1.807) is 0 Å². The van der Waals surface area contributed by atoms with Gasteiger partial charge in [0.1, 0.15) is 5.82 Å². The van der Waals surface area contributed by atoms with Gasteiger partial charge in [-0.25, -0.2) is 13.9 Å². The van der Waals surface area contributed by atoms with Crippen molar-refractivity contribution in [1.82, 2.24) is 19.7 Å². The van der Waals surface area contributed by atoms with Gasteiger partial charge in [0.05, 0.1) is 17.7 Å². The van der Waals surface area contributed by atoms with Crippen molar-refractivity contribution in [3.8, 4) is 11.4 Å². The number of hydrogen-bond donors (Lipinski definition) is 1. The summed E-state index contributed by atoms with van der Waals surface area (Å²) in [5.74, 6) is -1.04. The number of benzene rings is 2. The average Bonchev–Trinajstić information content (AvgIpc) is 2.96. The summed E-state index contributed by atoms with van der Waals surface area (Å²) in [6.07, 6.45) is -4.66. The van der Waals surface area contributed by atoms with E-state index in [4.69, 9.17) is 0 Å². The molecule has 10 heteroatoms. The average molecular weight is 408 g/mol. The lowest BCUT2D eigenvalue weighted by molar-refractivity contribution is -0.137. The van der Waals surface area contributed by atoms with E-state index in [0.717, 1.165) is 16.8 Å². The highest BCUT2D eigenvalue weighted by Gasteiger charge is 2.34. The summed E-state index contributed by atoms with van der Waals surface area (Å²) < 4.78 is 54.5. The van der Waals surface area contributed by atoms with Crippen LogP contribution in [0.2, 0.25) is 0 Å². The van der Waals surface area contributed by atoms with E-state index in [9.17, 15) is 27.2 Å². The molecule has 29 heavy (non-hydrogen) atoms. The van der Waals surface area contributed by atoms with E-state index in [0.29, 0.717) is 11.4 Å². The van der Waals surface area contributed by atoms with Gasteiger partial charge in [0.15, 0.2) is 5.82 Å². The fourth-order valence-corrected chi connectivity index (χ4v) is 2.78. The first-order valence-electron chi connectivity index (χ1n) is 8.52. The first kappa shape index (κ1) is 20.3. The van der Waals surface area contributed by atoms with Gasteiger partial charge in [0.2, 0.25) is 0 Å². The summed E-state index contributed by atoms with van der Waals surface area (Å²) >= 11 is 0. The van der Waals surface area contributed by atoms with Crippen molar-refractivity contribution in [2.45, 2.75) is 12.7 Å². The third-order valence-corrected chi connectivity index (χ3v) is 4.23. The minimum atomic E-state index is -4.66. The minimum Gasteiger partial charge on any atom is -0.350 e. The number of carbonyl (C=O) groups excluding carboxylic acids is 1. The number of halogens is 4. The van der Waals surface area contributed by atoms with Crippen LogP contribution < -0.4 is 11.0 Å². The molecule has 1 amide bonds. The Morgan fingerprint density at radius 2 is 1.76 bits per heavy atom. The lowest BCUT2D eigenvalue weighted by atomic mass is 10.1. The van der Waals surface area contributed by atoms with Gasteiger partial charge in [-0.3, -0.25) is 9.36 Å². The zero-order chi connectivity index (χ0) is 21.2. The fourth-order valence-electron chi connectivity index (χ4n) is 2.78. The summed E-state index contributed by atoms with van der Waals surface area (Å²) in [5, 5.41) is 6.51. The Kier molecular flexibility index (Phi) is 5.53. The molecule has 0 spiro atoms. The van der Waals surface area contributed by atoms with E-state index in [1.807, 2.05) is 0 Å². The third-order valence-electron chi connectivity index (χ3n) is 4.23. The molecule has 0 unspecified atom stereocenters. The largest absolute Gasteiger partial charge is 0.417 e. The second-order valence-corrected chi connectivity index (χ2v) is 6.19. The van der Waals surface area contributed by atoms with Crippen molar-refractivity contribution in [1.29, 1.82) is 0 Å². The molecule has 1 N–H and O–H groups in total. The zero-order valence-electron chi connectivity index (χ0n) is 15.2. The number of alkyl halides is 3. The van der Waals surface area contributed by atoms with Crippen molar-refractivity contribution in [3.63, 3.8) is 0 Å². The highest BCUT2D eigenvalue weighted by atomic mass is 19.4. The van der Waals surface area contributed by atoms with Gasteiger partial charge in [-0.15, -0.1) is 5.10 Å². The molecule has 0 atom stereocenters. The van der Waals surface area contributed by atoms with Crippen LogP contribution in [0.25, 0.3) is 11.4 Å². The number of rotatable bonds is 5. The quantitative estimate of drug-likeness (QED) is 0.661. The lowest BCUT2D eigenvalue weighted by Gasteiger charge is -2.12. The molecule has 0 aliphatic rings. The van der Waals surface area contributed by atoms with Crippen molar-refractivity contribution >= 4 is 5.91 Å². The van der Waals surface area contributed by atoms with Crippen LogP contribution in [0.1, 0.15) is 15.9 Å². The van der Waals surface area contributed by atoms with Crippen molar-refractivity contribution in [2.75, 3.05) is 6.54 Å². The Morgan fingerprint density at radius 3 is 2.41 bits per heavy atom. The molecule has 0 radical (unpaired) electrons. The standard InChI is InChI=1S/C19H16F4N4O2/c1-26-16(12-6-8-13(20)9-7-12)25-27(18(26)29)11-10-24-17(28)14-4-2-3-5-15(14)19(21,22)23/h2-9H,10-11H2,1H3,(H,24,28). The van der Waals surface area contributed by atoms with Crippen molar-refractivity contribution in [2.24, 2.45) is 7.05 Å². The van der Waals surface area contributed by atoms with E-state index in [1.165, 1.54) is 48.0 Å². The predicted octanol–water partition coefficient (Wildman–Crippen LogP) is 2.84. The second kappa shape index (κ2) is 7.90. The van der Waals surface area contributed by atoms with Crippen LogP contribution in [-0.2, 0) is 19.8 Å². The van der Waals surface area contributed by atoms with Crippen LogP contribution in [0.15, 0.2) is 53.3 Å². The normalized spacial score (nSPS) is 11.5. The Morgan fingerprint density at radius 1 is 1.10 bits per heavy atom. The van der Waals surface area contributed by atoms with Gasteiger partial charge in [-0.1, -0.05) is 12.1 Å². The topological polar surface area (TPSA) is 68.9 Å². The molecule has 0 aliphatic carbocycles. The molecular weight excluding hydrogens is 392 g/mol. The van der Waals surface area contributed by atoms with Crippen molar-refractivity contribution < 1.29 is 22.4 Å². The summed E-state index contributed by atoms with van der Waals surface area (Å²) in [7, 11) is 1.49. The van der Waals surface area contributed by atoms with Gasteiger partial charge >= 0.3 is 11.9 Å². The molecule has 3 rings (SSSR count). The number of nitrogens with zero attached hydrogens (tertiary/aromatic N) is 3. The third kappa shape index (κ3) is 4.36. The van der Waals surface area contributed by atoms with Crippen LogP contribution in [0.5, 0.6) is 0 Å². The monoisotopic (exact) mass is 408 g/mol. The summed E-state index contributed by atoms with van der Waals surface area (Å²) in [6.45, 7) is -0.154. The Balaban J connectivity index is 1.72. The van der Waals surface area contributed by atoms with Crippen LogP contribution >= 0.6 is 0 Å². The van der Waals surface area contributed by atoms with Crippen LogP contribution in [0.3, 0.4) is 0 Å². The Hall–Kier alpha value is -3.43. The van der Waals surface area contributed by atoms with E-state index < -0.39 is 34.7 Å². The first-order chi connectivity index (χ1) is 13.7. The number of amides is 1. The molecule has 0 aliphatic heterocycles. The summed E-state index contributed by atoms with van der Waals surface area (Å²) in [5.41, 5.74) is -1.49. The Labute approximate surface area is 162 Å². The molecule has 0 saturated heterocycles. The molecule has 2 aromatic carbocycles. The zero-order valence-corrected chi connectivity index (χ0v) is 15.2. The summed E-state index contributed by atoms with van der Waals surface area (Å²) in [4.78, 5) is 24.4. The fraction of sp³-hybridized carbons (Fsp3) is 0.211. The molecule has 1 heterocycles. The number of carbonyl (C=O) groups is 1. The number of hydrogen-bond acceptors (Lipinski definition) is 3. The molecule has 6 nitrogen and oxygen atoms in total. The van der Waals surface area contributed by atoms with Crippen LogP contribution in [0, 0.1) is 5.82 Å². The number of aromatic nitrogens is 3. The smallest absolute Gasteiger partial charge is 0.350 e. The molecule has 152 valence electrons. The van der Waals surface area contributed by atoms with Gasteiger partial charge in [0, 0.05) is 19.2 Å².